The van der Waals surface area contributed by atoms with E-state index in [-0.39, 0.29) is 75.5 Å². The van der Waals surface area contributed by atoms with Gasteiger partial charge in [-0.15, -0.1) is 22.7 Å². The highest BCUT2D eigenvalue weighted by atomic mass is 32.1. The van der Waals surface area contributed by atoms with Crippen molar-refractivity contribution in [2.45, 2.75) is 142 Å². The fourth-order valence-corrected chi connectivity index (χ4v) is 13.6. The maximum Gasteiger partial charge on any atom is 0.399 e. The molecule has 22 nitrogen and oxygen atoms in total. The van der Waals surface area contributed by atoms with Crippen molar-refractivity contribution in [1.29, 1.82) is 0 Å². The highest BCUT2D eigenvalue weighted by Gasteiger charge is 2.51. The van der Waals surface area contributed by atoms with Gasteiger partial charge in [-0.1, -0.05) is 109 Å². The number of unbranched alkanes of at least 4 members (excludes halogenated alkanes) is 2. The van der Waals surface area contributed by atoms with Gasteiger partial charge in [-0.25, -0.2) is 4.98 Å². The number of piperazine rings is 1. The van der Waals surface area contributed by atoms with Gasteiger partial charge in [0, 0.05) is 55.8 Å². The average Bonchev–Trinajstić information content (AvgIpc) is 1.36. The molecule has 486 valence electrons. The number of hydrogen-bond donors (Lipinski definition) is 7. The summed E-state index contributed by atoms with van der Waals surface area (Å²) in [6.07, 6.45) is -0.579. The maximum atomic E-state index is 14.9. The van der Waals surface area contributed by atoms with E-state index >= 15 is 0 Å². The number of carbonyl (C=O) groups excluding carboxylic acids is 8. The van der Waals surface area contributed by atoms with Crippen LogP contribution in [0.2, 0.25) is 0 Å². The molecule has 2 aromatic heterocycles. The first kappa shape index (κ1) is 68.8. The third kappa shape index (κ3) is 16.5. The van der Waals surface area contributed by atoms with Gasteiger partial charge in [0.1, 0.15) is 36.7 Å². The van der Waals surface area contributed by atoms with Gasteiger partial charge in [0.25, 0.3) is 5.91 Å². The number of rotatable bonds is 21. The number of benzene rings is 3. The first-order chi connectivity index (χ1) is 42.3. The van der Waals surface area contributed by atoms with Crippen LogP contribution in [0.4, 0.5) is 8.78 Å². The number of likely N-dealkylation sites (tertiary alicyclic amines) is 1. The van der Waals surface area contributed by atoms with Gasteiger partial charge in [0.05, 0.1) is 52.8 Å². The molecule has 27 heteroatoms. The second-order valence-electron chi connectivity index (χ2n) is 25.4. The zero-order valence-electron chi connectivity index (χ0n) is 51.7. The molecule has 0 aliphatic carbocycles. The van der Waals surface area contributed by atoms with E-state index in [9.17, 15) is 66.6 Å². The number of nitrogens with zero attached hydrogens (tertiary/aromatic N) is 5. The molecular weight excluding hydrogens is 1220 g/mol. The van der Waals surface area contributed by atoms with E-state index in [0.29, 0.717) is 24.0 Å². The van der Waals surface area contributed by atoms with Crippen LogP contribution >= 0.6 is 30.3 Å². The number of fused-ring (bicyclic) bond motifs is 1. The summed E-state index contributed by atoms with van der Waals surface area (Å²) in [7, 11) is -5.88. The summed E-state index contributed by atoms with van der Waals surface area (Å²) in [5.74, 6) is -4.35. The number of aromatic nitrogens is 1. The van der Waals surface area contributed by atoms with Crippen molar-refractivity contribution in [3.63, 3.8) is 0 Å². The number of alkyl halides is 2. The number of ether oxygens (including phenoxy) is 1. The lowest BCUT2D eigenvalue weighted by atomic mass is 9.85. The normalized spacial score (nSPS) is 19.4. The summed E-state index contributed by atoms with van der Waals surface area (Å²) in [6.45, 7) is 14.4. The van der Waals surface area contributed by atoms with Crippen LogP contribution in [0.5, 0.6) is 0 Å². The fourth-order valence-electron chi connectivity index (χ4n) is 11.3. The van der Waals surface area contributed by atoms with Crippen LogP contribution in [-0.2, 0) is 48.5 Å². The molecule has 8 rings (SSSR count). The van der Waals surface area contributed by atoms with Gasteiger partial charge in [-0.05, 0) is 77.8 Å². The van der Waals surface area contributed by atoms with Crippen LogP contribution in [-0.4, -0.2) is 169 Å². The number of aryl methyl sites for hydroxylation is 1. The lowest BCUT2D eigenvalue weighted by Gasteiger charge is -2.45. The van der Waals surface area contributed by atoms with Crippen molar-refractivity contribution in [3.05, 3.63) is 112 Å². The van der Waals surface area contributed by atoms with E-state index in [2.05, 4.69) is 26.3 Å². The van der Waals surface area contributed by atoms with E-state index in [1.54, 1.807) is 63.3 Å². The number of thiophene rings is 1. The van der Waals surface area contributed by atoms with Gasteiger partial charge in [-0.2, -0.15) is 8.78 Å². The molecule has 5 aromatic rings. The Morgan fingerprint density at radius 1 is 0.767 bits per heavy atom. The van der Waals surface area contributed by atoms with Crippen LogP contribution in [0.25, 0.3) is 20.5 Å². The van der Waals surface area contributed by atoms with Crippen LogP contribution in [0.15, 0.2) is 84.4 Å². The number of β-amino-alcohol motifs (C(OH)–C–C–N with tert-alkyl or cyclic N) is 1. The lowest BCUT2D eigenvalue weighted by molar-refractivity contribution is -0.158. The minimum absolute atomic E-state index is 0.0134. The van der Waals surface area contributed by atoms with E-state index in [0.717, 1.165) is 50.7 Å². The fraction of sp³-hybridized carbons (Fsp3) is 0.508. The topological polar surface area (TPSA) is 298 Å². The second-order valence-corrected chi connectivity index (χ2v) is 29.0. The monoisotopic (exact) mass is 1300 g/mol. The van der Waals surface area contributed by atoms with Gasteiger partial charge in [0.15, 0.2) is 0 Å². The molecule has 3 aliphatic heterocycles. The van der Waals surface area contributed by atoms with Gasteiger partial charge < -0.3 is 60.5 Å². The SMILES string of the molecule is Cc1ncsc1-c1ccc([C@H](C)NC(=O)[C@@H]2C[C@@H](O)CN2C(=O)[C@@H](NC(=O)CCCCCNC(=O)CC(=O)N2CCN(C(=O)[C@@H](NC(=O)c3cc4cc(C(F)(F)P(=O)(O)O)ccc4s3)C(C)(C)C)[C@H](C(=O)N3CCO[C@H](c4ccccc4)C3)C2)C(C)(C)C)cc1. The smallest absolute Gasteiger partial charge is 0.391 e. The predicted octanol–water partition coefficient (Wildman–Crippen LogP) is 6.78. The lowest BCUT2D eigenvalue weighted by Crippen LogP contribution is -2.66. The molecule has 0 saturated carbocycles. The Morgan fingerprint density at radius 3 is 2.10 bits per heavy atom. The molecule has 3 aromatic carbocycles. The van der Waals surface area contributed by atoms with E-state index in [1.165, 1.54) is 26.8 Å². The Kier molecular flexibility index (Phi) is 21.9. The number of carbonyl (C=O) groups is 8. The minimum Gasteiger partial charge on any atom is -0.391 e. The highest BCUT2D eigenvalue weighted by Crippen LogP contribution is 2.59. The predicted molar refractivity (Wildman–Crippen MR) is 335 cm³/mol. The van der Waals surface area contributed by atoms with Crippen molar-refractivity contribution in [3.8, 4) is 10.4 Å². The molecule has 7 atom stereocenters. The largest absolute Gasteiger partial charge is 0.399 e. The second kappa shape index (κ2) is 28.6. The van der Waals surface area contributed by atoms with Crippen LogP contribution in [0, 0.1) is 17.8 Å². The summed E-state index contributed by atoms with van der Waals surface area (Å²) in [4.78, 5) is 142. The number of amides is 8. The van der Waals surface area contributed by atoms with Crippen LogP contribution < -0.4 is 21.3 Å². The molecule has 8 amide bonds. The number of aliphatic hydroxyl groups excluding tert-OH is 1. The van der Waals surface area contributed by atoms with Crippen molar-refractivity contribution in [2.24, 2.45) is 10.8 Å². The van der Waals surface area contributed by atoms with E-state index in [1.807, 2.05) is 68.4 Å². The highest BCUT2D eigenvalue weighted by molar-refractivity contribution is 7.52. The molecule has 3 fully saturated rings. The summed E-state index contributed by atoms with van der Waals surface area (Å²) in [5, 5.41) is 22.3. The number of aliphatic hydroxyl groups is 1. The quantitative estimate of drug-likeness (QED) is 0.0226. The van der Waals surface area contributed by atoms with Crippen molar-refractivity contribution < 1.29 is 71.3 Å². The van der Waals surface area contributed by atoms with Crippen molar-refractivity contribution in [1.82, 2.24) is 45.9 Å². The Labute approximate surface area is 529 Å². The molecule has 3 saturated heterocycles. The van der Waals surface area contributed by atoms with E-state index in [4.69, 9.17) is 4.74 Å². The summed E-state index contributed by atoms with van der Waals surface area (Å²) in [5.41, 5.74) is -1.77. The Balaban J connectivity index is 0.842. The summed E-state index contributed by atoms with van der Waals surface area (Å²) in [6, 6.07) is 16.4. The van der Waals surface area contributed by atoms with E-state index < -0.39 is 126 Å². The number of nitrogens with one attached hydrogen (secondary N) is 4. The van der Waals surface area contributed by atoms with Gasteiger partial charge >= 0.3 is 13.3 Å². The van der Waals surface area contributed by atoms with Crippen LogP contribution in [0.3, 0.4) is 0 Å². The molecule has 0 bridgehead atoms. The molecule has 0 unspecified atom stereocenters. The van der Waals surface area contributed by atoms with Gasteiger partial charge in [0.2, 0.25) is 41.4 Å². The average molecular weight is 1300 g/mol. The third-order valence-electron chi connectivity index (χ3n) is 16.5. The Hall–Kier alpha value is -7.06. The number of hydrogen-bond acceptors (Lipinski definition) is 14. The van der Waals surface area contributed by atoms with Crippen molar-refractivity contribution in [2.75, 3.05) is 52.4 Å². The third-order valence-corrected chi connectivity index (χ3v) is 19.5. The standard InChI is InChI=1S/C63H80F2N9O13PS2/c1-37(39-18-20-41(21-19-39)53-38(2)67-36-89-53)68-56(79)45-31-44(75)33-74(45)60(83)54(61(3,4)5)69-50(76)17-13-10-14-24-66-51(77)32-52(78)71-25-26-73(46(34-71)58(81)72-27-28-87-47(35-72)40-15-11-9-12-16-40)59(82)55(62(6,7)8)70-57(80)49-30-42-29-43(22-23-48(42)90-49)63(64,65)88(84,85)86/h9,11-12,15-16,18-23,29-30,36-37,44-47,54-55,75H,10,13-14,17,24-28,31-35H2,1-8H3,(H,66,77)(H,68,79)(H,69,76)(H,70,80)(H2,84,85,86)/t37-,44+,45-,46-,47-,54+,55+/m0/s1. The molecule has 90 heavy (non-hydrogen) atoms. The zero-order chi connectivity index (χ0) is 65.6. The zero-order valence-corrected chi connectivity index (χ0v) is 54.2. The first-order valence-electron chi connectivity index (χ1n) is 30.0. The van der Waals surface area contributed by atoms with Gasteiger partial charge in [-0.3, -0.25) is 42.9 Å². The summed E-state index contributed by atoms with van der Waals surface area (Å²) < 4.78 is 47.3. The maximum absolute atomic E-state index is 14.9. The Morgan fingerprint density at radius 2 is 1.44 bits per heavy atom. The molecule has 0 radical (unpaired) electrons. The molecular formula is C63H80F2N9O13PS2. The molecule has 3 aliphatic rings. The number of thiazole rings is 1. The minimum atomic E-state index is -5.88. The molecule has 0 spiro atoms. The number of halogens is 2. The number of morpholine rings is 1. The summed E-state index contributed by atoms with van der Waals surface area (Å²) >= 11 is 2.46. The van der Waals surface area contributed by atoms with Crippen molar-refractivity contribution >= 4 is 87.6 Å². The first-order valence-corrected chi connectivity index (χ1v) is 33.3. The molecule has 5 heterocycles. The molecule has 7 N–H and O–H groups in total. The van der Waals surface area contributed by atoms with Crippen LogP contribution in [0.1, 0.15) is 131 Å². The Bertz CT molecular complexity index is 3500.